The zero-order chi connectivity index (χ0) is 19.6. The number of nitrogens with zero attached hydrogens (tertiary/aromatic N) is 1. The number of hydrogen-bond donors (Lipinski definition) is 0. The Morgan fingerprint density at radius 1 is 1.15 bits per heavy atom. The van der Waals surface area contributed by atoms with Crippen molar-refractivity contribution in [2.75, 3.05) is 0 Å². The molecule has 3 aromatic rings. The highest BCUT2D eigenvalue weighted by Crippen LogP contribution is 2.30. The molecule has 1 heterocycles. The Hall–Kier alpha value is -2.22. The van der Waals surface area contributed by atoms with Crippen molar-refractivity contribution in [2.45, 2.75) is 24.3 Å². The number of halogens is 1. The molecule has 0 amide bonds. The van der Waals surface area contributed by atoms with Gasteiger partial charge in [0, 0.05) is 5.02 Å². The molecular weight excluding hydrogens is 406 g/mol. The van der Waals surface area contributed by atoms with Gasteiger partial charge in [-0.3, -0.25) is 0 Å². The average Bonchev–Trinajstić information content (AvgIpc) is 3.05. The van der Waals surface area contributed by atoms with Gasteiger partial charge in [-0.2, -0.15) is 0 Å². The van der Waals surface area contributed by atoms with Crippen LogP contribution in [0.5, 0.6) is 0 Å². The fraction of sp³-hybridized carbons (Fsp3) is 0.158. The number of thiazole rings is 1. The smallest absolute Gasteiger partial charge is 0.350 e. The van der Waals surface area contributed by atoms with Crippen LogP contribution in [0, 0.1) is 0 Å². The van der Waals surface area contributed by atoms with E-state index >= 15 is 0 Å². The van der Waals surface area contributed by atoms with Crippen molar-refractivity contribution in [1.82, 2.24) is 4.98 Å². The fourth-order valence-corrected chi connectivity index (χ4v) is 5.05. The average molecular weight is 422 g/mol. The van der Waals surface area contributed by atoms with Gasteiger partial charge >= 0.3 is 5.97 Å². The van der Waals surface area contributed by atoms with Crippen molar-refractivity contribution >= 4 is 55.0 Å². The molecule has 140 valence electrons. The van der Waals surface area contributed by atoms with Gasteiger partial charge in [-0.05, 0) is 49.8 Å². The molecule has 1 aromatic heterocycles. The highest BCUT2D eigenvalue weighted by molar-refractivity contribution is 7.98. The second kappa shape index (κ2) is 7.80. The molecule has 5 nitrogen and oxygen atoms in total. The molecule has 0 spiro atoms. The van der Waals surface area contributed by atoms with Gasteiger partial charge in [0.1, 0.15) is 0 Å². The van der Waals surface area contributed by atoms with E-state index in [-0.39, 0.29) is 4.34 Å². The fourth-order valence-electron chi connectivity index (χ4n) is 2.29. The van der Waals surface area contributed by atoms with Crippen molar-refractivity contribution < 1.29 is 17.9 Å². The van der Waals surface area contributed by atoms with Crippen molar-refractivity contribution in [3.63, 3.8) is 0 Å². The summed E-state index contributed by atoms with van der Waals surface area (Å²) < 4.78 is 32.0. The third kappa shape index (κ3) is 4.37. The monoisotopic (exact) mass is 421 g/mol. The Morgan fingerprint density at radius 2 is 1.81 bits per heavy atom. The molecule has 0 saturated carbocycles. The molecule has 27 heavy (non-hydrogen) atoms. The molecule has 0 aliphatic rings. The first-order valence-electron chi connectivity index (χ1n) is 8.06. The van der Waals surface area contributed by atoms with Crippen LogP contribution in [0.1, 0.15) is 19.4 Å². The molecule has 0 radical (unpaired) electrons. The third-order valence-electron chi connectivity index (χ3n) is 3.51. The Kier molecular flexibility index (Phi) is 5.64. The predicted octanol–water partition coefficient (Wildman–Crippen LogP) is 4.72. The van der Waals surface area contributed by atoms with Crippen LogP contribution in [0.15, 0.2) is 57.8 Å². The zero-order valence-electron chi connectivity index (χ0n) is 14.5. The van der Waals surface area contributed by atoms with E-state index in [4.69, 9.17) is 16.3 Å². The van der Waals surface area contributed by atoms with Crippen LogP contribution in [0.2, 0.25) is 5.02 Å². The van der Waals surface area contributed by atoms with Crippen LogP contribution in [0.3, 0.4) is 0 Å². The van der Waals surface area contributed by atoms with Gasteiger partial charge in [-0.15, -0.1) is 11.3 Å². The molecule has 0 bridgehead atoms. The Morgan fingerprint density at radius 3 is 2.44 bits per heavy atom. The van der Waals surface area contributed by atoms with Gasteiger partial charge in [0.2, 0.25) is 14.2 Å². The quantitative estimate of drug-likeness (QED) is 0.440. The minimum atomic E-state index is -4.16. The lowest BCUT2D eigenvalue weighted by Gasteiger charge is -2.10. The molecule has 2 aromatic carbocycles. The van der Waals surface area contributed by atoms with Crippen LogP contribution < -0.4 is 0 Å². The normalized spacial score (nSPS) is 12.5. The van der Waals surface area contributed by atoms with Gasteiger partial charge in [0.25, 0.3) is 0 Å². The third-order valence-corrected chi connectivity index (χ3v) is 6.91. The van der Waals surface area contributed by atoms with E-state index in [2.05, 4.69) is 4.98 Å². The number of fused-ring (bicyclic) bond motifs is 1. The number of aromatic nitrogens is 1. The second-order valence-corrected chi connectivity index (χ2v) is 9.52. The van der Waals surface area contributed by atoms with Gasteiger partial charge in [-0.1, -0.05) is 35.9 Å². The van der Waals surface area contributed by atoms with Crippen molar-refractivity contribution in [1.29, 1.82) is 0 Å². The maximum absolute atomic E-state index is 13.1. The number of rotatable bonds is 5. The van der Waals surface area contributed by atoms with E-state index in [1.54, 1.807) is 62.4 Å². The molecule has 0 unspecified atom stereocenters. The Balaban J connectivity index is 2.12. The Bertz CT molecular complexity index is 1080. The molecule has 0 fully saturated rings. The van der Waals surface area contributed by atoms with Crippen molar-refractivity contribution in [2.24, 2.45) is 0 Å². The summed E-state index contributed by atoms with van der Waals surface area (Å²) in [6.45, 7) is 3.31. The highest BCUT2D eigenvalue weighted by atomic mass is 35.5. The second-order valence-electron chi connectivity index (χ2n) is 5.97. The standard InChI is InChI=1S/C19H16ClNO4S2/c1-12(2)25-18(22)17(11-13-7-9-14(20)10-8-13)27(23,24)19-21-15-5-3-4-6-16(15)26-19/h3-12H,1-2H3/b17-11+. The molecule has 0 saturated heterocycles. The lowest BCUT2D eigenvalue weighted by Crippen LogP contribution is -2.19. The molecule has 0 atom stereocenters. The minimum absolute atomic E-state index is 0.149. The summed E-state index contributed by atoms with van der Waals surface area (Å²) in [6, 6.07) is 13.6. The lowest BCUT2D eigenvalue weighted by atomic mass is 10.2. The number of benzene rings is 2. The van der Waals surface area contributed by atoms with Crippen molar-refractivity contribution in [3.8, 4) is 0 Å². The summed E-state index contributed by atoms with van der Waals surface area (Å²) in [5.41, 5.74) is 1.07. The number of carbonyl (C=O) groups excluding carboxylic acids is 1. The summed E-state index contributed by atoms with van der Waals surface area (Å²) in [6.07, 6.45) is 0.819. The van der Waals surface area contributed by atoms with E-state index in [0.717, 1.165) is 16.0 Å². The highest BCUT2D eigenvalue weighted by Gasteiger charge is 2.32. The Labute approximate surface area is 166 Å². The van der Waals surface area contributed by atoms with E-state index in [1.807, 2.05) is 0 Å². The van der Waals surface area contributed by atoms with Crippen LogP contribution in [-0.4, -0.2) is 25.5 Å². The molecule has 0 aliphatic heterocycles. The van der Waals surface area contributed by atoms with Crippen LogP contribution in [-0.2, 0) is 19.4 Å². The largest absolute Gasteiger partial charge is 0.459 e. The molecule has 0 aliphatic carbocycles. The van der Waals surface area contributed by atoms with Crippen LogP contribution in [0.4, 0.5) is 0 Å². The first-order chi connectivity index (χ1) is 12.8. The molecule has 8 heteroatoms. The van der Waals surface area contributed by atoms with E-state index < -0.39 is 26.8 Å². The maximum Gasteiger partial charge on any atom is 0.350 e. The SMILES string of the molecule is CC(C)OC(=O)/C(=C\c1ccc(Cl)cc1)S(=O)(=O)c1nc2ccccc2s1. The van der Waals surface area contributed by atoms with Crippen LogP contribution >= 0.6 is 22.9 Å². The van der Waals surface area contributed by atoms with Gasteiger partial charge in [-0.25, -0.2) is 18.2 Å². The zero-order valence-corrected chi connectivity index (χ0v) is 16.9. The van der Waals surface area contributed by atoms with E-state index in [1.165, 1.54) is 6.08 Å². The van der Waals surface area contributed by atoms with Crippen molar-refractivity contribution in [3.05, 3.63) is 64.0 Å². The summed E-state index contributed by atoms with van der Waals surface area (Å²) in [5, 5.41) is 0.507. The van der Waals surface area contributed by atoms with E-state index in [0.29, 0.717) is 16.1 Å². The van der Waals surface area contributed by atoms with Gasteiger partial charge in [0.05, 0.1) is 16.3 Å². The summed E-state index contributed by atoms with van der Waals surface area (Å²) >= 11 is 6.88. The lowest BCUT2D eigenvalue weighted by molar-refractivity contribution is -0.141. The minimum Gasteiger partial charge on any atom is -0.459 e. The number of sulfone groups is 1. The molecular formula is C19H16ClNO4S2. The number of hydrogen-bond acceptors (Lipinski definition) is 6. The predicted molar refractivity (Wildman–Crippen MR) is 107 cm³/mol. The van der Waals surface area contributed by atoms with Crippen LogP contribution in [0.25, 0.3) is 16.3 Å². The van der Waals surface area contributed by atoms with Gasteiger partial charge < -0.3 is 4.74 Å². The summed E-state index contributed by atoms with van der Waals surface area (Å²) in [5.74, 6) is -0.917. The number of esters is 1. The number of para-hydroxylation sites is 1. The molecule has 0 N–H and O–H groups in total. The number of carbonyl (C=O) groups is 1. The first-order valence-corrected chi connectivity index (χ1v) is 10.7. The summed E-state index contributed by atoms with van der Waals surface area (Å²) in [4.78, 5) is 16.3. The topological polar surface area (TPSA) is 73.3 Å². The van der Waals surface area contributed by atoms with Gasteiger partial charge in [0.15, 0.2) is 4.91 Å². The molecule has 3 rings (SSSR count). The maximum atomic E-state index is 13.1. The number of ether oxygens (including phenoxy) is 1. The van der Waals surface area contributed by atoms with E-state index in [9.17, 15) is 13.2 Å². The first kappa shape index (κ1) is 19.5. The summed E-state index contributed by atoms with van der Waals surface area (Å²) in [7, 11) is -4.16.